The SMILES string of the molecule is CCCNCc1ccn(-c2cccc(C(C)C)c2)n1. The molecular formula is C16H23N3. The van der Waals surface area contributed by atoms with Gasteiger partial charge in [0.1, 0.15) is 0 Å². The zero-order valence-electron chi connectivity index (χ0n) is 12.1. The highest BCUT2D eigenvalue weighted by molar-refractivity contribution is 5.36. The maximum atomic E-state index is 4.61. The minimum atomic E-state index is 0.543. The predicted octanol–water partition coefficient (Wildman–Crippen LogP) is 3.50. The highest BCUT2D eigenvalue weighted by atomic mass is 15.3. The lowest BCUT2D eigenvalue weighted by molar-refractivity contribution is 0.656. The Bertz CT molecular complexity index is 514. The second-order valence-electron chi connectivity index (χ2n) is 5.18. The van der Waals surface area contributed by atoms with Gasteiger partial charge >= 0.3 is 0 Å². The molecule has 3 nitrogen and oxygen atoms in total. The molecule has 0 unspecified atom stereocenters. The Labute approximate surface area is 115 Å². The van der Waals surface area contributed by atoms with Gasteiger partial charge in [-0.2, -0.15) is 5.10 Å². The molecule has 0 atom stereocenters. The number of nitrogens with one attached hydrogen (secondary N) is 1. The van der Waals surface area contributed by atoms with Gasteiger partial charge in [0.25, 0.3) is 0 Å². The molecule has 0 aliphatic rings. The molecule has 2 rings (SSSR count). The number of rotatable bonds is 6. The molecular weight excluding hydrogens is 234 g/mol. The molecule has 0 radical (unpaired) electrons. The summed E-state index contributed by atoms with van der Waals surface area (Å²) in [6.45, 7) is 8.47. The summed E-state index contributed by atoms with van der Waals surface area (Å²) in [6, 6.07) is 10.6. The van der Waals surface area contributed by atoms with Gasteiger partial charge in [-0.1, -0.05) is 32.9 Å². The van der Waals surface area contributed by atoms with Crippen LogP contribution in [0.5, 0.6) is 0 Å². The van der Waals surface area contributed by atoms with Crippen LogP contribution in [0.15, 0.2) is 36.5 Å². The van der Waals surface area contributed by atoms with E-state index in [-0.39, 0.29) is 0 Å². The van der Waals surface area contributed by atoms with Crippen molar-refractivity contribution in [3.05, 3.63) is 47.8 Å². The summed E-state index contributed by atoms with van der Waals surface area (Å²) in [6.07, 6.45) is 3.18. The minimum absolute atomic E-state index is 0.543. The molecule has 0 spiro atoms. The molecule has 1 aromatic carbocycles. The van der Waals surface area contributed by atoms with Gasteiger partial charge in [-0.25, -0.2) is 4.68 Å². The lowest BCUT2D eigenvalue weighted by Gasteiger charge is -2.08. The van der Waals surface area contributed by atoms with E-state index in [1.165, 1.54) is 5.56 Å². The first kappa shape index (κ1) is 13.8. The molecule has 0 saturated heterocycles. The van der Waals surface area contributed by atoms with Crippen molar-refractivity contribution in [2.75, 3.05) is 6.54 Å². The number of benzene rings is 1. The van der Waals surface area contributed by atoms with Gasteiger partial charge < -0.3 is 5.32 Å². The van der Waals surface area contributed by atoms with Crippen LogP contribution >= 0.6 is 0 Å². The molecule has 1 N–H and O–H groups in total. The maximum absolute atomic E-state index is 4.61. The Morgan fingerprint density at radius 1 is 1.26 bits per heavy atom. The maximum Gasteiger partial charge on any atom is 0.0766 e. The van der Waals surface area contributed by atoms with Crippen LogP contribution in [-0.2, 0) is 6.54 Å². The first-order chi connectivity index (χ1) is 9.20. The normalized spacial score (nSPS) is 11.2. The Morgan fingerprint density at radius 2 is 2.11 bits per heavy atom. The van der Waals surface area contributed by atoms with Crippen molar-refractivity contribution < 1.29 is 0 Å². The standard InChI is InChI=1S/C16H23N3/c1-4-9-17-12-15-8-10-19(18-15)16-7-5-6-14(11-16)13(2)3/h5-8,10-11,13,17H,4,9,12H2,1-3H3. The molecule has 0 fully saturated rings. The van der Waals surface area contributed by atoms with Crippen molar-refractivity contribution in [3.8, 4) is 5.69 Å². The fraction of sp³-hybridized carbons (Fsp3) is 0.438. The van der Waals surface area contributed by atoms with Gasteiger partial charge in [-0.3, -0.25) is 0 Å². The third-order valence-corrected chi connectivity index (χ3v) is 3.18. The Morgan fingerprint density at radius 3 is 2.84 bits per heavy atom. The first-order valence-electron chi connectivity index (χ1n) is 7.06. The monoisotopic (exact) mass is 257 g/mol. The van der Waals surface area contributed by atoms with Gasteiger partial charge in [0.05, 0.1) is 11.4 Å². The molecule has 0 saturated carbocycles. The lowest BCUT2D eigenvalue weighted by atomic mass is 10.0. The predicted molar refractivity (Wildman–Crippen MR) is 79.7 cm³/mol. The number of aromatic nitrogens is 2. The van der Waals surface area contributed by atoms with Crippen molar-refractivity contribution in [2.24, 2.45) is 0 Å². The number of nitrogens with zero attached hydrogens (tertiary/aromatic N) is 2. The Balaban J connectivity index is 2.11. The van der Waals surface area contributed by atoms with E-state index in [1.54, 1.807) is 0 Å². The van der Waals surface area contributed by atoms with E-state index in [0.29, 0.717) is 5.92 Å². The van der Waals surface area contributed by atoms with Gasteiger partial charge in [0.2, 0.25) is 0 Å². The van der Waals surface area contributed by atoms with Crippen LogP contribution in [-0.4, -0.2) is 16.3 Å². The summed E-state index contributed by atoms with van der Waals surface area (Å²) in [4.78, 5) is 0. The average molecular weight is 257 g/mol. The number of hydrogen-bond donors (Lipinski definition) is 1. The van der Waals surface area contributed by atoms with E-state index < -0.39 is 0 Å². The molecule has 19 heavy (non-hydrogen) atoms. The van der Waals surface area contributed by atoms with Crippen LogP contribution in [0.2, 0.25) is 0 Å². The van der Waals surface area contributed by atoms with Gasteiger partial charge in [-0.15, -0.1) is 0 Å². The zero-order chi connectivity index (χ0) is 13.7. The summed E-state index contributed by atoms with van der Waals surface area (Å²) in [5.41, 5.74) is 3.56. The number of hydrogen-bond acceptors (Lipinski definition) is 2. The van der Waals surface area contributed by atoms with E-state index in [4.69, 9.17) is 0 Å². The van der Waals surface area contributed by atoms with Crippen LogP contribution in [0.3, 0.4) is 0 Å². The third-order valence-electron chi connectivity index (χ3n) is 3.18. The summed E-state index contributed by atoms with van der Waals surface area (Å²) in [7, 11) is 0. The van der Waals surface area contributed by atoms with E-state index in [0.717, 1.165) is 30.9 Å². The molecule has 102 valence electrons. The topological polar surface area (TPSA) is 29.9 Å². The summed E-state index contributed by atoms with van der Waals surface area (Å²) >= 11 is 0. The van der Waals surface area contributed by atoms with E-state index >= 15 is 0 Å². The van der Waals surface area contributed by atoms with Crippen LogP contribution in [0.4, 0.5) is 0 Å². The highest BCUT2D eigenvalue weighted by Gasteiger charge is 2.04. The molecule has 1 aromatic heterocycles. The second-order valence-corrected chi connectivity index (χ2v) is 5.18. The molecule has 0 amide bonds. The van der Waals surface area contributed by atoms with Gasteiger partial charge in [0.15, 0.2) is 0 Å². The quantitative estimate of drug-likeness (QED) is 0.803. The van der Waals surface area contributed by atoms with Crippen molar-refractivity contribution in [2.45, 2.75) is 39.7 Å². The largest absolute Gasteiger partial charge is 0.311 e. The molecule has 1 heterocycles. The molecule has 0 aliphatic carbocycles. The van der Waals surface area contributed by atoms with Crippen LogP contribution in [0.1, 0.15) is 44.4 Å². The molecule has 0 bridgehead atoms. The smallest absolute Gasteiger partial charge is 0.0766 e. The first-order valence-corrected chi connectivity index (χ1v) is 7.06. The van der Waals surface area contributed by atoms with Gasteiger partial charge in [0, 0.05) is 12.7 Å². The van der Waals surface area contributed by atoms with Crippen LogP contribution in [0.25, 0.3) is 5.69 Å². The van der Waals surface area contributed by atoms with Crippen molar-refractivity contribution in [3.63, 3.8) is 0 Å². The van der Waals surface area contributed by atoms with Crippen LogP contribution in [0, 0.1) is 0 Å². The van der Waals surface area contributed by atoms with Crippen molar-refractivity contribution >= 4 is 0 Å². The summed E-state index contributed by atoms with van der Waals surface area (Å²) in [5, 5.41) is 7.98. The van der Waals surface area contributed by atoms with E-state index in [9.17, 15) is 0 Å². The van der Waals surface area contributed by atoms with Crippen LogP contribution < -0.4 is 5.32 Å². The molecule has 3 heteroatoms. The minimum Gasteiger partial charge on any atom is -0.311 e. The Kier molecular flexibility index (Phi) is 4.74. The second kappa shape index (κ2) is 6.53. The van der Waals surface area contributed by atoms with Crippen molar-refractivity contribution in [1.29, 1.82) is 0 Å². The fourth-order valence-electron chi connectivity index (χ4n) is 2.02. The lowest BCUT2D eigenvalue weighted by Crippen LogP contribution is -2.14. The highest BCUT2D eigenvalue weighted by Crippen LogP contribution is 2.17. The summed E-state index contributed by atoms with van der Waals surface area (Å²) in [5.74, 6) is 0.543. The third kappa shape index (κ3) is 3.67. The zero-order valence-corrected chi connectivity index (χ0v) is 12.1. The van der Waals surface area contributed by atoms with E-state index in [2.05, 4.69) is 61.5 Å². The molecule has 0 aliphatic heterocycles. The van der Waals surface area contributed by atoms with E-state index in [1.807, 2.05) is 10.9 Å². The van der Waals surface area contributed by atoms with Crippen molar-refractivity contribution in [1.82, 2.24) is 15.1 Å². The summed E-state index contributed by atoms with van der Waals surface area (Å²) < 4.78 is 1.95. The Hall–Kier alpha value is -1.61. The molecule has 2 aromatic rings. The fourth-order valence-corrected chi connectivity index (χ4v) is 2.02. The van der Waals surface area contributed by atoms with Gasteiger partial charge in [-0.05, 0) is 42.6 Å². The average Bonchev–Trinajstić information content (AvgIpc) is 2.88.